The van der Waals surface area contributed by atoms with Crippen LogP contribution in [-0.4, -0.2) is 56.4 Å². The maximum atomic E-state index is 12.9. The number of hydrogen-bond donors (Lipinski definition) is 1. The van der Waals surface area contributed by atoms with Gasteiger partial charge in [0.15, 0.2) is 5.16 Å². The van der Waals surface area contributed by atoms with Crippen LogP contribution in [0.3, 0.4) is 0 Å². The predicted molar refractivity (Wildman–Crippen MR) is 121 cm³/mol. The summed E-state index contributed by atoms with van der Waals surface area (Å²) in [7, 11) is 0. The van der Waals surface area contributed by atoms with Crippen molar-refractivity contribution in [1.29, 1.82) is 0 Å². The van der Waals surface area contributed by atoms with Crippen LogP contribution in [0.25, 0.3) is 5.69 Å². The van der Waals surface area contributed by atoms with E-state index in [1.807, 2.05) is 40.7 Å². The second-order valence-corrected chi connectivity index (χ2v) is 9.57. The number of benzene rings is 1. The number of likely N-dealkylation sites (tertiary alicyclic amines) is 1. The average molecular weight is 442 g/mol. The van der Waals surface area contributed by atoms with Gasteiger partial charge in [-0.1, -0.05) is 48.7 Å². The van der Waals surface area contributed by atoms with Gasteiger partial charge in [0.25, 0.3) is 0 Å². The van der Waals surface area contributed by atoms with E-state index in [-0.39, 0.29) is 17.7 Å². The fraction of sp³-hybridized carbons (Fsp3) is 0.565. The third kappa shape index (κ3) is 5.67. The Morgan fingerprint density at radius 2 is 1.87 bits per heavy atom. The summed E-state index contributed by atoms with van der Waals surface area (Å²) in [6.07, 6.45) is 9.24. The van der Waals surface area contributed by atoms with Gasteiger partial charge in [0.05, 0.1) is 11.7 Å². The second kappa shape index (κ2) is 10.3. The van der Waals surface area contributed by atoms with Gasteiger partial charge >= 0.3 is 0 Å². The summed E-state index contributed by atoms with van der Waals surface area (Å²) < 4.78 is 1.90. The van der Waals surface area contributed by atoms with E-state index in [9.17, 15) is 9.59 Å². The summed E-state index contributed by atoms with van der Waals surface area (Å²) >= 11 is 1.39. The van der Waals surface area contributed by atoms with Crippen LogP contribution >= 0.6 is 11.8 Å². The van der Waals surface area contributed by atoms with Gasteiger partial charge in [-0.3, -0.25) is 14.2 Å². The van der Waals surface area contributed by atoms with Crippen LogP contribution in [0.5, 0.6) is 0 Å². The predicted octanol–water partition coefficient (Wildman–Crippen LogP) is 3.36. The molecule has 7 nitrogen and oxygen atoms in total. The van der Waals surface area contributed by atoms with E-state index in [1.165, 1.54) is 36.6 Å². The number of carbonyl (C=O) groups is 2. The Hall–Kier alpha value is -2.35. The monoisotopic (exact) mass is 441 g/mol. The highest BCUT2D eigenvalue weighted by atomic mass is 32.2. The number of thioether (sulfide) groups is 1. The molecule has 1 saturated heterocycles. The van der Waals surface area contributed by atoms with Crippen LogP contribution in [0.1, 0.15) is 50.5 Å². The molecule has 1 aromatic carbocycles. The molecule has 8 heteroatoms. The minimum Gasteiger partial charge on any atom is -0.353 e. The minimum atomic E-state index is -0.0964. The number of hydrogen-bond acceptors (Lipinski definition) is 5. The molecule has 0 radical (unpaired) electrons. The molecule has 2 amide bonds. The van der Waals surface area contributed by atoms with Crippen LogP contribution in [0.15, 0.2) is 35.7 Å². The Kier molecular flexibility index (Phi) is 7.27. The molecule has 1 aliphatic heterocycles. The topological polar surface area (TPSA) is 80.1 Å². The first-order valence-corrected chi connectivity index (χ1v) is 12.3. The van der Waals surface area contributed by atoms with Crippen LogP contribution in [-0.2, 0) is 9.59 Å². The molecular weight excluding hydrogens is 410 g/mol. The maximum Gasteiger partial charge on any atom is 0.233 e. The molecule has 2 fully saturated rings. The second-order valence-electron chi connectivity index (χ2n) is 8.63. The highest BCUT2D eigenvalue weighted by Gasteiger charge is 2.30. The molecule has 1 aliphatic carbocycles. The van der Waals surface area contributed by atoms with E-state index in [1.54, 1.807) is 6.33 Å². The van der Waals surface area contributed by atoms with Crippen molar-refractivity contribution >= 4 is 23.6 Å². The van der Waals surface area contributed by atoms with Crippen molar-refractivity contribution < 1.29 is 9.59 Å². The fourth-order valence-corrected chi connectivity index (χ4v) is 5.24. The lowest BCUT2D eigenvalue weighted by atomic mass is 9.93. The molecule has 1 saturated carbocycles. The number of nitrogens with one attached hydrogen (secondary N) is 1. The quantitative estimate of drug-likeness (QED) is 0.696. The molecule has 2 heterocycles. The Morgan fingerprint density at radius 3 is 2.65 bits per heavy atom. The summed E-state index contributed by atoms with van der Waals surface area (Å²) in [5.41, 5.74) is 2.16. The number of nitrogens with zero attached hydrogens (tertiary/aromatic N) is 4. The number of aryl methyl sites for hydroxylation is 1. The third-order valence-corrected chi connectivity index (χ3v) is 7.18. The van der Waals surface area contributed by atoms with Crippen LogP contribution < -0.4 is 5.32 Å². The van der Waals surface area contributed by atoms with Crippen molar-refractivity contribution in [3.63, 3.8) is 0 Å². The molecule has 1 N–H and O–H groups in total. The van der Waals surface area contributed by atoms with E-state index in [0.717, 1.165) is 37.9 Å². The summed E-state index contributed by atoms with van der Waals surface area (Å²) in [4.78, 5) is 27.4. The Balaban J connectivity index is 1.30. The molecule has 2 aliphatic rings. The Morgan fingerprint density at radius 1 is 1.10 bits per heavy atom. The first-order valence-electron chi connectivity index (χ1n) is 11.3. The molecule has 166 valence electrons. The van der Waals surface area contributed by atoms with Gasteiger partial charge in [-0.15, -0.1) is 10.2 Å². The fourth-order valence-electron chi connectivity index (χ4n) is 4.41. The number of amides is 2. The highest BCUT2D eigenvalue weighted by molar-refractivity contribution is 7.99. The van der Waals surface area contributed by atoms with Gasteiger partial charge in [0, 0.05) is 24.8 Å². The molecular formula is C23H31N5O2S. The molecule has 1 aromatic heterocycles. The lowest BCUT2D eigenvalue weighted by Gasteiger charge is -2.33. The van der Waals surface area contributed by atoms with Gasteiger partial charge in [0.1, 0.15) is 6.33 Å². The summed E-state index contributed by atoms with van der Waals surface area (Å²) in [6.45, 7) is 3.28. The zero-order chi connectivity index (χ0) is 21.6. The first kappa shape index (κ1) is 21.9. The average Bonchev–Trinajstić information content (AvgIpc) is 3.27. The van der Waals surface area contributed by atoms with Gasteiger partial charge < -0.3 is 10.2 Å². The Bertz CT molecular complexity index is 892. The molecule has 1 unspecified atom stereocenters. The third-order valence-electron chi connectivity index (χ3n) is 6.25. The Labute approximate surface area is 188 Å². The van der Waals surface area contributed by atoms with Gasteiger partial charge in [-0.2, -0.15) is 0 Å². The number of rotatable bonds is 6. The molecule has 31 heavy (non-hydrogen) atoms. The SMILES string of the molecule is Cc1ccc(-n2cnnc2SCC(=O)N2CCCC(C(=O)NC3CCCCC3)C2)cc1. The van der Waals surface area contributed by atoms with Crippen molar-refractivity contribution in [3.8, 4) is 5.69 Å². The van der Waals surface area contributed by atoms with Gasteiger partial charge in [-0.25, -0.2) is 0 Å². The number of carbonyl (C=O) groups excluding carboxylic acids is 2. The molecule has 0 bridgehead atoms. The zero-order valence-electron chi connectivity index (χ0n) is 18.1. The molecule has 1 atom stereocenters. The molecule has 0 spiro atoms. The van der Waals surface area contributed by atoms with Crippen LogP contribution in [0.4, 0.5) is 0 Å². The maximum absolute atomic E-state index is 12.9. The van der Waals surface area contributed by atoms with E-state index in [0.29, 0.717) is 23.5 Å². The standard InChI is InChI=1S/C23H31N5O2S/c1-17-9-11-20(12-10-17)28-16-24-26-23(28)31-15-21(29)27-13-5-6-18(14-27)22(30)25-19-7-3-2-4-8-19/h9-12,16,18-19H,2-8,13-15H2,1H3,(H,25,30). The lowest BCUT2D eigenvalue weighted by Crippen LogP contribution is -2.48. The normalized spacial score (nSPS) is 19.9. The molecule has 2 aromatic rings. The van der Waals surface area contributed by atoms with Crippen LogP contribution in [0.2, 0.25) is 0 Å². The van der Waals surface area contributed by atoms with Gasteiger partial charge in [0.2, 0.25) is 11.8 Å². The first-order chi connectivity index (χ1) is 15.1. The van der Waals surface area contributed by atoms with E-state index < -0.39 is 0 Å². The van der Waals surface area contributed by atoms with E-state index >= 15 is 0 Å². The highest BCUT2D eigenvalue weighted by Crippen LogP contribution is 2.23. The molecule has 4 rings (SSSR count). The van der Waals surface area contributed by atoms with E-state index in [4.69, 9.17) is 0 Å². The minimum absolute atomic E-state index is 0.0543. The van der Waals surface area contributed by atoms with Crippen molar-refractivity contribution in [2.24, 2.45) is 5.92 Å². The summed E-state index contributed by atoms with van der Waals surface area (Å²) in [6, 6.07) is 8.44. The smallest absolute Gasteiger partial charge is 0.233 e. The number of aromatic nitrogens is 3. The summed E-state index contributed by atoms with van der Waals surface area (Å²) in [5.74, 6) is 0.372. The van der Waals surface area contributed by atoms with Crippen molar-refractivity contribution in [2.75, 3.05) is 18.8 Å². The number of piperidine rings is 1. The van der Waals surface area contributed by atoms with Gasteiger partial charge in [-0.05, 0) is 44.7 Å². The largest absolute Gasteiger partial charge is 0.353 e. The van der Waals surface area contributed by atoms with Crippen molar-refractivity contribution in [1.82, 2.24) is 25.0 Å². The van der Waals surface area contributed by atoms with E-state index in [2.05, 4.69) is 15.5 Å². The van der Waals surface area contributed by atoms with Crippen LogP contribution in [0, 0.1) is 12.8 Å². The summed E-state index contributed by atoms with van der Waals surface area (Å²) in [5, 5.41) is 12.1. The lowest BCUT2D eigenvalue weighted by molar-refractivity contribution is -0.134. The zero-order valence-corrected chi connectivity index (χ0v) is 18.9. The van der Waals surface area contributed by atoms with Crippen molar-refractivity contribution in [3.05, 3.63) is 36.2 Å². The van der Waals surface area contributed by atoms with Crippen molar-refractivity contribution in [2.45, 2.75) is 63.1 Å².